The molecule has 0 heterocycles. The number of hydrogen-bond donors (Lipinski definition) is 0. The molecule has 0 amide bonds. The topological polar surface area (TPSA) is 9.23 Å². The summed E-state index contributed by atoms with van der Waals surface area (Å²) in [4.78, 5) is 0. The van der Waals surface area contributed by atoms with Gasteiger partial charge in [-0.25, -0.2) is 0 Å². The van der Waals surface area contributed by atoms with Crippen LogP contribution < -0.4 is 0 Å². The molecule has 0 aliphatic carbocycles. The normalized spacial score (nSPS) is 11.1. The zero-order valence-electron chi connectivity index (χ0n) is 13.1. The summed E-state index contributed by atoms with van der Waals surface area (Å²) in [6, 6.07) is 0. The minimum Gasteiger partial charge on any atom is -0.308 e. The lowest BCUT2D eigenvalue weighted by Gasteiger charge is -2.03. The molecule has 2 heteroatoms. The molecule has 0 rings (SSSR count). The lowest BCUT2D eigenvalue weighted by atomic mass is 10.0. The smallest absolute Gasteiger partial charge is 0.0987 e. The van der Waals surface area contributed by atoms with Gasteiger partial charge in [-0.1, -0.05) is 96.8 Å². The Morgan fingerprint density at radius 1 is 0.526 bits per heavy atom. The number of halogens is 1. The Bertz CT molecular complexity index is 134. The zero-order valence-corrected chi connectivity index (χ0v) is 14.7. The third-order valence-corrected chi connectivity index (χ3v) is 4.15. The Kier molecular flexibility index (Phi) is 18.9. The molecule has 19 heavy (non-hydrogen) atoms. The Hall–Kier alpha value is 0.440. The van der Waals surface area contributed by atoms with Gasteiger partial charge in [0.15, 0.2) is 0 Å². The maximum atomic E-state index is 4.87. The summed E-state index contributed by atoms with van der Waals surface area (Å²) in [5, 5.41) is 0. The molecule has 0 spiro atoms. The molecule has 0 aliphatic heterocycles. The second kappa shape index (κ2) is 18.4. The summed E-state index contributed by atoms with van der Waals surface area (Å²) in [5.74, 6) is 0. The van der Waals surface area contributed by atoms with Gasteiger partial charge >= 0.3 is 0 Å². The van der Waals surface area contributed by atoms with Crippen LogP contribution in [0.2, 0.25) is 0 Å². The monoisotopic (exact) mass is 334 g/mol. The lowest BCUT2D eigenvalue weighted by molar-refractivity contribution is 0.374. The van der Waals surface area contributed by atoms with Crippen molar-refractivity contribution in [2.75, 3.05) is 6.61 Å². The molecule has 0 bridgehead atoms. The van der Waals surface area contributed by atoms with E-state index in [2.05, 4.69) is 23.2 Å². The largest absolute Gasteiger partial charge is 0.308 e. The first-order valence-electron chi connectivity index (χ1n) is 8.65. The molecule has 0 saturated carbocycles. The van der Waals surface area contributed by atoms with Crippen LogP contribution in [0.4, 0.5) is 0 Å². The summed E-state index contributed by atoms with van der Waals surface area (Å²) in [5.41, 5.74) is 0. The highest BCUT2D eigenvalue weighted by atomic mass is 79.9. The predicted molar refractivity (Wildman–Crippen MR) is 89.8 cm³/mol. The van der Waals surface area contributed by atoms with Gasteiger partial charge < -0.3 is 3.83 Å². The second-order valence-corrected chi connectivity index (χ2v) is 6.22. The summed E-state index contributed by atoms with van der Waals surface area (Å²) in [7, 11) is 0. The maximum absolute atomic E-state index is 4.87. The molecular formula is C17H35BrO. The van der Waals surface area contributed by atoms with Crippen molar-refractivity contribution in [2.24, 2.45) is 0 Å². The molecule has 116 valence electrons. The van der Waals surface area contributed by atoms with Crippen LogP contribution in [0, 0.1) is 0 Å². The maximum Gasteiger partial charge on any atom is 0.0987 e. The standard InChI is InChI=1S/C17H35BrO/c1-2-3-4-5-6-7-8-9-10-11-12-13-14-15-16-17-19-18/h2-17H2,1H3. The van der Waals surface area contributed by atoms with Crippen LogP contribution in [-0.2, 0) is 3.83 Å². The minimum atomic E-state index is 0.859. The van der Waals surface area contributed by atoms with Crippen molar-refractivity contribution in [1.82, 2.24) is 0 Å². The summed E-state index contributed by atoms with van der Waals surface area (Å²) in [6.45, 7) is 3.15. The molecule has 0 radical (unpaired) electrons. The molecule has 0 saturated heterocycles. The Balaban J connectivity index is 2.88. The van der Waals surface area contributed by atoms with Crippen LogP contribution in [0.1, 0.15) is 103 Å². The van der Waals surface area contributed by atoms with Gasteiger partial charge in [-0.2, -0.15) is 0 Å². The van der Waals surface area contributed by atoms with E-state index in [9.17, 15) is 0 Å². The molecule has 0 aromatic rings. The zero-order chi connectivity index (χ0) is 14.0. The Morgan fingerprint density at radius 2 is 0.842 bits per heavy atom. The van der Waals surface area contributed by atoms with E-state index in [0.717, 1.165) is 6.61 Å². The number of rotatable bonds is 16. The third kappa shape index (κ3) is 18.4. The van der Waals surface area contributed by atoms with Gasteiger partial charge in [-0.05, 0) is 6.42 Å². The van der Waals surface area contributed by atoms with E-state index in [1.165, 1.54) is 96.3 Å². The first-order valence-corrected chi connectivity index (χ1v) is 9.30. The third-order valence-electron chi connectivity index (χ3n) is 3.83. The summed E-state index contributed by atoms with van der Waals surface area (Å²) < 4.78 is 4.87. The van der Waals surface area contributed by atoms with Crippen LogP contribution in [0.5, 0.6) is 0 Å². The summed E-state index contributed by atoms with van der Waals surface area (Å²) >= 11 is 2.99. The van der Waals surface area contributed by atoms with Crippen molar-refractivity contribution in [3.8, 4) is 0 Å². The quantitative estimate of drug-likeness (QED) is 0.271. The van der Waals surface area contributed by atoms with Crippen molar-refractivity contribution >= 4 is 16.3 Å². The van der Waals surface area contributed by atoms with Crippen LogP contribution in [0.3, 0.4) is 0 Å². The van der Waals surface area contributed by atoms with Crippen LogP contribution in [0.15, 0.2) is 0 Å². The number of hydrogen-bond acceptors (Lipinski definition) is 1. The lowest BCUT2D eigenvalue weighted by Crippen LogP contribution is -1.85. The molecule has 0 aliphatic rings. The van der Waals surface area contributed by atoms with Crippen LogP contribution in [-0.4, -0.2) is 6.61 Å². The molecule has 0 aromatic heterocycles. The molecule has 0 aromatic carbocycles. The van der Waals surface area contributed by atoms with E-state index in [0.29, 0.717) is 0 Å². The Morgan fingerprint density at radius 3 is 1.16 bits per heavy atom. The fourth-order valence-electron chi connectivity index (χ4n) is 2.53. The van der Waals surface area contributed by atoms with E-state index in [1.807, 2.05) is 0 Å². The van der Waals surface area contributed by atoms with E-state index in [4.69, 9.17) is 3.83 Å². The minimum absolute atomic E-state index is 0.859. The first-order chi connectivity index (χ1) is 9.41. The van der Waals surface area contributed by atoms with Gasteiger partial charge in [0, 0.05) is 0 Å². The van der Waals surface area contributed by atoms with E-state index in [1.54, 1.807) is 0 Å². The molecule has 0 fully saturated rings. The highest BCUT2D eigenvalue weighted by molar-refractivity contribution is 9.06. The van der Waals surface area contributed by atoms with Crippen molar-refractivity contribution in [3.63, 3.8) is 0 Å². The second-order valence-electron chi connectivity index (χ2n) is 5.76. The average molecular weight is 335 g/mol. The van der Waals surface area contributed by atoms with Gasteiger partial charge in [0.1, 0.15) is 0 Å². The highest BCUT2D eigenvalue weighted by Gasteiger charge is 1.94. The average Bonchev–Trinajstić information content (AvgIpc) is 2.43. The van der Waals surface area contributed by atoms with Crippen molar-refractivity contribution < 1.29 is 3.83 Å². The van der Waals surface area contributed by atoms with Crippen molar-refractivity contribution in [3.05, 3.63) is 0 Å². The van der Waals surface area contributed by atoms with E-state index in [-0.39, 0.29) is 0 Å². The van der Waals surface area contributed by atoms with Gasteiger partial charge in [0.05, 0.1) is 22.9 Å². The Labute approximate surface area is 130 Å². The van der Waals surface area contributed by atoms with Crippen LogP contribution in [0.25, 0.3) is 0 Å². The molecule has 0 unspecified atom stereocenters. The van der Waals surface area contributed by atoms with Crippen LogP contribution >= 0.6 is 16.3 Å². The molecular weight excluding hydrogens is 300 g/mol. The van der Waals surface area contributed by atoms with Gasteiger partial charge in [0.25, 0.3) is 0 Å². The summed E-state index contributed by atoms with van der Waals surface area (Å²) in [6.07, 6.45) is 21.2. The predicted octanol–water partition coefficient (Wildman–Crippen LogP) is 7.18. The van der Waals surface area contributed by atoms with E-state index < -0.39 is 0 Å². The van der Waals surface area contributed by atoms with E-state index >= 15 is 0 Å². The van der Waals surface area contributed by atoms with Gasteiger partial charge in [-0.3, -0.25) is 0 Å². The first kappa shape index (κ1) is 19.4. The van der Waals surface area contributed by atoms with Crippen molar-refractivity contribution in [1.29, 1.82) is 0 Å². The highest BCUT2D eigenvalue weighted by Crippen LogP contribution is 2.13. The molecule has 0 atom stereocenters. The molecule has 1 nitrogen and oxygen atoms in total. The molecule has 0 N–H and O–H groups in total. The SMILES string of the molecule is CCCCCCCCCCCCCCCCCOBr. The van der Waals surface area contributed by atoms with Gasteiger partial charge in [-0.15, -0.1) is 0 Å². The fraction of sp³-hybridized carbons (Fsp3) is 1.00. The fourth-order valence-corrected chi connectivity index (χ4v) is 2.76. The van der Waals surface area contributed by atoms with Gasteiger partial charge in [0.2, 0.25) is 0 Å². The number of unbranched alkanes of at least 4 members (excludes halogenated alkanes) is 14. The van der Waals surface area contributed by atoms with Crippen molar-refractivity contribution in [2.45, 2.75) is 103 Å².